The number of benzene rings is 2. The maximum atomic E-state index is 12.3. The van der Waals surface area contributed by atoms with E-state index in [0.717, 1.165) is 0 Å². The summed E-state index contributed by atoms with van der Waals surface area (Å²) in [5.74, 6) is 1.18. The highest BCUT2D eigenvalue weighted by Crippen LogP contribution is 2.22. The topological polar surface area (TPSA) is 112 Å². The number of carbonyl (C=O) groups is 1. The second-order valence-electron chi connectivity index (χ2n) is 6.20. The molecule has 148 valence electrons. The van der Waals surface area contributed by atoms with Crippen LogP contribution >= 0.6 is 0 Å². The molecule has 0 aliphatic heterocycles. The molecular weight excluding hydrogens is 386 g/mol. The third-order valence-electron chi connectivity index (χ3n) is 4.17. The van der Waals surface area contributed by atoms with Crippen molar-refractivity contribution in [3.8, 4) is 17.4 Å². The van der Waals surface area contributed by atoms with Gasteiger partial charge in [-0.3, -0.25) is 14.9 Å². The molecule has 0 aliphatic rings. The third-order valence-corrected chi connectivity index (χ3v) is 4.17. The largest absolute Gasteiger partial charge is 0.438 e. The lowest BCUT2D eigenvalue weighted by Gasteiger charge is -2.08. The summed E-state index contributed by atoms with van der Waals surface area (Å²) in [5, 5.41) is 21.6. The van der Waals surface area contributed by atoms with Crippen LogP contribution in [0, 0.1) is 10.1 Å². The second-order valence-corrected chi connectivity index (χ2v) is 6.20. The molecular formula is C21H15N5O4. The van der Waals surface area contributed by atoms with Crippen LogP contribution in [0.5, 0.6) is 11.6 Å². The van der Waals surface area contributed by atoms with Crippen LogP contribution in [0.25, 0.3) is 5.82 Å². The summed E-state index contributed by atoms with van der Waals surface area (Å²) in [6, 6.07) is 19.4. The number of anilines is 1. The van der Waals surface area contributed by atoms with Crippen LogP contribution in [0.2, 0.25) is 0 Å². The van der Waals surface area contributed by atoms with E-state index in [9.17, 15) is 14.9 Å². The molecule has 2 heterocycles. The summed E-state index contributed by atoms with van der Waals surface area (Å²) >= 11 is 0. The molecule has 4 rings (SSSR count). The van der Waals surface area contributed by atoms with Gasteiger partial charge in [0.05, 0.1) is 4.92 Å². The molecule has 0 saturated heterocycles. The Balaban J connectivity index is 1.38. The summed E-state index contributed by atoms with van der Waals surface area (Å²) in [6.07, 6.45) is 3.74. The minimum atomic E-state index is -0.515. The van der Waals surface area contributed by atoms with Crippen LogP contribution in [-0.4, -0.2) is 25.6 Å². The van der Waals surface area contributed by atoms with Crippen molar-refractivity contribution in [2.75, 3.05) is 5.32 Å². The second kappa shape index (κ2) is 8.23. The molecule has 0 spiro atoms. The lowest BCUT2D eigenvalue weighted by atomic mass is 10.2. The quantitative estimate of drug-likeness (QED) is 0.382. The van der Waals surface area contributed by atoms with Crippen LogP contribution < -0.4 is 10.1 Å². The van der Waals surface area contributed by atoms with E-state index in [4.69, 9.17) is 4.74 Å². The molecule has 4 aromatic rings. The Kier molecular flexibility index (Phi) is 5.16. The van der Waals surface area contributed by atoms with E-state index >= 15 is 0 Å². The number of ether oxygens (including phenoxy) is 1. The Morgan fingerprint density at radius 3 is 2.23 bits per heavy atom. The SMILES string of the molecule is O=C(Nc1ccc(Oc2ccc(-n3cccc3)nn2)cc1)c1ccc([N+](=O)[O-])cc1. The number of nitrogens with zero attached hydrogens (tertiary/aromatic N) is 4. The first-order chi connectivity index (χ1) is 14.6. The molecule has 9 nitrogen and oxygen atoms in total. The van der Waals surface area contributed by atoms with Gasteiger partial charge in [0.15, 0.2) is 5.82 Å². The molecule has 2 aromatic heterocycles. The van der Waals surface area contributed by atoms with Gasteiger partial charge in [-0.25, -0.2) is 0 Å². The Morgan fingerprint density at radius 1 is 0.933 bits per heavy atom. The zero-order valence-corrected chi connectivity index (χ0v) is 15.5. The fourth-order valence-electron chi connectivity index (χ4n) is 2.66. The first kappa shape index (κ1) is 18.8. The fourth-order valence-corrected chi connectivity index (χ4v) is 2.66. The molecule has 30 heavy (non-hydrogen) atoms. The van der Waals surface area contributed by atoms with Gasteiger partial charge in [-0.15, -0.1) is 10.2 Å². The zero-order valence-electron chi connectivity index (χ0n) is 15.5. The molecule has 0 atom stereocenters. The van der Waals surface area contributed by atoms with Gasteiger partial charge in [-0.2, -0.15) is 0 Å². The van der Waals surface area contributed by atoms with E-state index in [0.29, 0.717) is 28.7 Å². The number of rotatable bonds is 6. The summed E-state index contributed by atoms with van der Waals surface area (Å²) in [4.78, 5) is 22.4. The monoisotopic (exact) mass is 401 g/mol. The van der Waals surface area contributed by atoms with E-state index in [1.54, 1.807) is 36.4 Å². The maximum absolute atomic E-state index is 12.3. The van der Waals surface area contributed by atoms with Crippen molar-refractivity contribution in [2.45, 2.75) is 0 Å². The number of nitro benzene ring substituents is 1. The number of non-ortho nitro benzene ring substituents is 1. The van der Waals surface area contributed by atoms with Gasteiger partial charge in [0, 0.05) is 41.8 Å². The highest BCUT2D eigenvalue weighted by atomic mass is 16.6. The molecule has 0 saturated carbocycles. The Labute approximate surface area is 170 Å². The van der Waals surface area contributed by atoms with Crippen molar-refractivity contribution < 1.29 is 14.5 Å². The summed E-state index contributed by atoms with van der Waals surface area (Å²) < 4.78 is 7.50. The smallest absolute Gasteiger partial charge is 0.269 e. The highest BCUT2D eigenvalue weighted by molar-refractivity contribution is 6.04. The average molecular weight is 401 g/mol. The normalized spacial score (nSPS) is 10.4. The molecule has 2 aromatic carbocycles. The zero-order chi connectivity index (χ0) is 20.9. The number of nitro groups is 1. The van der Waals surface area contributed by atoms with E-state index in [-0.39, 0.29) is 11.6 Å². The Bertz CT molecular complexity index is 1160. The Morgan fingerprint density at radius 2 is 1.63 bits per heavy atom. The minimum Gasteiger partial charge on any atom is -0.438 e. The lowest BCUT2D eigenvalue weighted by molar-refractivity contribution is -0.384. The van der Waals surface area contributed by atoms with Gasteiger partial charge < -0.3 is 14.6 Å². The van der Waals surface area contributed by atoms with Gasteiger partial charge in [0.25, 0.3) is 11.6 Å². The van der Waals surface area contributed by atoms with Crippen molar-refractivity contribution >= 4 is 17.3 Å². The molecule has 9 heteroatoms. The van der Waals surface area contributed by atoms with Gasteiger partial charge >= 0.3 is 0 Å². The van der Waals surface area contributed by atoms with Crippen LogP contribution in [0.1, 0.15) is 10.4 Å². The van der Waals surface area contributed by atoms with Gasteiger partial charge in [0.1, 0.15) is 5.75 Å². The highest BCUT2D eigenvalue weighted by Gasteiger charge is 2.10. The molecule has 0 fully saturated rings. The molecule has 0 radical (unpaired) electrons. The minimum absolute atomic E-state index is 0.0717. The summed E-state index contributed by atoms with van der Waals surface area (Å²) in [7, 11) is 0. The van der Waals surface area contributed by atoms with Gasteiger partial charge in [0.2, 0.25) is 5.88 Å². The summed E-state index contributed by atoms with van der Waals surface area (Å²) in [5.41, 5.74) is 0.802. The van der Waals surface area contributed by atoms with E-state index in [2.05, 4.69) is 15.5 Å². The first-order valence-corrected chi connectivity index (χ1v) is 8.89. The number of amides is 1. The molecule has 0 aliphatic carbocycles. The number of carbonyl (C=O) groups excluding carboxylic acids is 1. The van der Waals surface area contributed by atoms with Crippen molar-refractivity contribution in [1.29, 1.82) is 0 Å². The van der Waals surface area contributed by atoms with Gasteiger partial charge in [-0.05, 0) is 54.6 Å². The molecule has 1 amide bonds. The predicted octanol–water partition coefficient (Wildman–Crippen LogP) is 4.22. The lowest BCUT2D eigenvalue weighted by Crippen LogP contribution is -2.11. The van der Waals surface area contributed by atoms with Crippen molar-refractivity contribution in [1.82, 2.24) is 14.8 Å². The van der Waals surface area contributed by atoms with E-state index < -0.39 is 4.92 Å². The Hall–Kier alpha value is -4.53. The van der Waals surface area contributed by atoms with Crippen molar-refractivity contribution in [3.63, 3.8) is 0 Å². The maximum Gasteiger partial charge on any atom is 0.269 e. The standard InChI is InChI=1S/C21H15N5O4/c27-21(15-3-7-17(8-4-15)26(28)29)22-16-5-9-18(10-6-16)30-20-12-11-19(23-24-20)25-13-1-2-14-25/h1-14H,(H,22,27). The summed E-state index contributed by atoms with van der Waals surface area (Å²) in [6.45, 7) is 0. The fraction of sp³-hybridized carbons (Fsp3) is 0. The van der Waals surface area contributed by atoms with Crippen LogP contribution in [-0.2, 0) is 0 Å². The van der Waals surface area contributed by atoms with Crippen LogP contribution in [0.3, 0.4) is 0 Å². The molecule has 0 unspecified atom stereocenters. The number of hydrogen-bond acceptors (Lipinski definition) is 6. The van der Waals surface area contributed by atoms with Crippen LogP contribution in [0.15, 0.2) is 85.2 Å². The molecule has 1 N–H and O–H groups in total. The third kappa shape index (κ3) is 4.30. The van der Waals surface area contributed by atoms with Crippen molar-refractivity contribution in [2.24, 2.45) is 0 Å². The number of nitrogens with one attached hydrogen (secondary N) is 1. The van der Waals surface area contributed by atoms with Crippen LogP contribution in [0.4, 0.5) is 11.4 Å². The number of hydrogen-bond donors (Lipinski definition) is 1. The number of aromatic nitrogens is 3. The van der Waals surface area contributed by atoms with E-state index in [1.165, 1.54) is 24.3 Å². The van der Waals surface area contributed by atoms with Crippen molar-refractivity contribution in [3.05, 3.63) is 101 Å². The first-order valence-electron chi connectivity index (χ1n) is 8.89. The van der Waals surface area contributed by atoms with Gasteiger partial charge in [-0.1, -0.05) is 0 Å². The predicted molar refractivity (Wildman–Crippen MR) is 109 cm³/mol. The molecule has 0 bridgehead atoms. The van der Waals surface area contributed by atoms with E-state index in [1.807, 2.05) is 29.1 Å². The average Bonchev–Trinajstić information content (AvgIpc) is 3.31.